The molecule has 0 saturated carbocycles. The largest absolute Gasteiger partial charge is 0.508 e. The molecule has 104 valence electrons. The number of esters is 1. The quantitative estimate of drug-likeness (QED) is 0.650. The first kappa shape index (κ1) is 15.3. The van der Waals surface area contributed by atoms with Gasteiger partial charge in [-0.1, -0.05) is 39.5 Å². The lowest BCUT2D eigenvalue weighted by atomic mass is 9.85. The Kier molecular flexibility index (Phi) is 5.16. The van der Waals surface area contributed by atoms with E-state index in [4.69, 9.17) is 0 Å². The number of rotatable bonds is 5. The van der Waals surface area contributed by atoms with Crippen LogP contribution in [0.2, 0.25) is 0 Å². The predicted octanol–water partition coefficient (Wildman–Crippen LogP) is 3.70. The lowest BCUT2D eigenvalue weighted by Gasteiger charge is -2.21. The van der Waals surface area contributed by atoms with E-state index in [2.05, 4.69) is 32.1 Å². The Morgan fingerprint density at radius 3 is 2.68 bits per heavy atom. The third kappa shape index (κ3) is 4.78. The van der Waals surface area contributed by atoms with Crippen LogP contribution in [-0.4, -0.2) is 11.1 Å². The van der Waals surface area contributed by atoms with Gasteiger partial charge >= 0.3 is 5.97 Å². The van der Waals surface area contributed by atoms with Crippen molar-refractivity contribution in [3.05, 3.63) is 42.2 Å². The predicted molar refractivity (Wildman–Crippen MR) is 76.0 cm³/mol. The Labute approximate surface area is 114 Å². The van der Waals surface area contributed by atoms with Crippen molar-refractivity contribution in [2.45, 2.75) is 45.4 Å². The fourth-order valence-electron chi connectivity index (χ4n) is 1.93. The fraction of sp³-hybridized carbons (Fsp3) is 0.438. The minimum absolute atomic E-state index is 0.0954. The van der Waals surface area contributed by atoms with Gasteiger partial charge in [-0.05, 0) is 35.4 Å². The van der Waals surface area contributed by atoms with Crippen molar-refractivity contribution < 1.29 is 14.6 Å². The standard InChI is InChI=1S/C16H22O3/c1-5-19-15(18)8-6-7-12-9-10-14(17)13(11-12)16(2,3)4/h5,9-11,17H,1,6-8H2,2-4H3. The highest BCUT2D eigenvalue weighted by Crippen LogP contribution is 2.31. The van der Waals surface area contributed by atoms with E-state index in [1.54, 1.807) is 6.07 Å². The van der Waals surface area contributed by atoms with Gasteiger partial charge in [0.05, 0.1) is 6.26 Å². The van der Waals surface area contributed by atoms with Gasteiger partial charge in [-0.25, -0.2) is 0 Å². The summed E-state index contributed by atoms with van der Waals surface area (Å²) in [6.07, 6.45) is 3.04. The molecule has 3 nitrogen and oxygen atoms in total. The van der Waals surface area contributed by atoms with Crippen molar-refractivity contribution in [2.75, 3.05) is 0 Å². The summed E-state index contributed by atoms with van der Waals surface area (Å²) in [5, 5.41) is 9.87. The Balaban J connectivity index is 2.65. The molecular formula is C16H22O3. The molecule has 0 aliphatic heterocycles. The SMILES string of the molecule is C=COC(=O)CCCc1ccc(O)c(C(C)(C)C)c1. The first-order valence-electron chi connectivity index (χ1n) is 6.47. The van der Waals surface area contributed by atoms with Crippen molar-refractivity contribution in [3.8, 4) is 5.75 Å². The molecule has 0 amide bonds. The van der Waals surface area contributed by atoms with Gasteiger partial charge < -0.3 is 9.84 Å². The van der Waals surface area contributed by atoms with E-state index in [1.165, 1.54) is 0 Å². The maximum Gasteiger partial charge on any atom is 0.310 e. The lowest BCUT2D eigenvalue weighted by molar-refractivity contribution is -0.138. The minimum atomic E-state index is -0.259. The van der Waals surface area contributed by atoms with Crippen LogP contribution in [0, 0.1) is 0 Å². The topological polar surface area (TPSA) is 46.5 Å². The zero-order chi connectivity index (χ0) is 14.5. The molecule has 1 aromatic carbocycles. The molecule has 1 N–H and O–H groups in total. The maximum atomic E-state index is 11.2. The van der Waals surface area contributed by atoms with Gasteiger partial charge in [0.2, 0.25) is 0 Å². The second-order valence-corrected chi connectivity index (χ2v) is 5.61. The maximum absolute atomic E-state index is 11.2. The summed E-state index contributed by atoms with van der Waals surface area (Å²) < 4.78 is 4.66. The number of phenolic OH excluding ortho intramolecular Hbond substituents is 1. The molecule has 0 fully saturated rings. The highest BCUT2D eigenvalue weighted by Gasteiger charge is 2.18. The number of phenols is 1. The van der Waals surface area contributed by atoms with Crippen LogP contribution in [0.25, 0.3) is 0 Å². The van der Waals surface area contributed by atoms with Crippen molar-refractivity contribution in [3.63, 3.8) is 0 Å². The third-order valence-electron chi connectivity index (χ3n) is 2.93. The van der Waals surface area contributed by atoms with Gasteiger partial charge in [0.15, 0.2) is 0 Å². The van der Waals surface area contributed by atoms with E-state index in [9.17, 15) is 9.90 Å². The molecule has 0 heterocycles. The average Bonchev–Trinajstić information content (AvgIpc) is 2.30. The number of carbonyl (C=O) groups excluding carboxylic acids is 1. The molecule has 0 aliphatic carbocycles. The van der Waals surface area contributed by atoms with Gasteiger partial charge in [0, 0.05) is 6.42 Å². The minimum Gasteiger partial charge on any atom is -0.508 e. The number of hydrogen-bond acceptors (Lipinski definition) is 3. The molecule has 0 radical (unpaired) electrons. The summed E-state index contributed by atoms with van der Waals surface area (Å²) in [6.45, 7) is 9.53. The summed E-state index contributed by atoms with van der Waals surface area (Å²) in [5.74, 6) is 0.0622. The first-order valence-corrected chi connectivity index (χ1v) is 6.47. The van der Waals surface area contributed by atoms with E-state index in [0.717, 1.165) is 30.2 Å². The molecule has 0 aliphatic rings. The third-order valence-corrected chi connectivity index (χ3v) is 2.93. The molecule has 3 heteroatoms. The molecule has 0 aromatic heterocycles. The fourth-order valence-corrected chi connectivity index (χ4v) is 1.93. The summed E-state index contributed by atoms with van der Waals surface area (Å²) in [7, 11) is 0. The summed E-state index contributed by atoms with van der Waals surface area (Å²) in [6, 6.07) is 5.62. The molecule has 19 heavy (non-hydrogen) atoms. The number of hydrogen-bond donors (Lipinski definition) is 1. The first-order chi connectivity index (χ1) is 8.84. The summed E-state index contributed by atoms with van der Waals surface area (Å²) in [4.78, 5) is 11.2. The number of carbonyl (C=O) groups is 1. The highest BCUT2D eigenvalue weighted by molar-refractivity contribution is 5.69. The number of benzene rings is 1. The van der Waals surface area contributed by atoms with Gasteiger partial charge in [-0.3, -0.25) is 4.79 Å². The van der Waals surface area contributed by atoms with E-state index in [1.807, 2.05) is 12.1 Å². The van der Waals surface area contributed by atoms with Crippen molar-refractivity contribution in [2.24, 2.45) is 0 Å². The molecule has 1 aromatic rings. The van der Waals surface area contributed by atoms with E-state index in [0.29, 0.717) is 12.2 Å². The van der Waals surface area contributed by atoms with Crippen LogP contribution in [0.3, 0.4) is 0 Å². The van der Waals surface area contributed by atoms with Gasteiger partial charge in [0.1, 0.15) is 5.75 Å². The smallest absolute Gasteiger partial charge is 0.310 e. The molecule has 0 spiro atoms. The van der Waals surface area contributed by atoms with Crippen molar-refractivity contribution in [1.82, 2.24) is 0 Å². The Hall–Kier alpha value is -1.77. The number of aromatic hydroxyl groups is 1. The average molecular weight is 262 g/mol. The molecule has 0 saturated heterocycles. The summed E-state index contributed by atoms with van der Waals surface area (Å²) >= 11 is 0. The monoisotopic (exact) mass is 262 g/mol. The molecule has 0 unspecified atom stereocenters. The van der Waals surface area contributed by atoms with Crippen molar-refractivity contribution in [1.29, 1.82) is 0 Å². The molecular weight excluding hydrogens is 240 g/mol. The van der Waals surface area contributed by atoms with E-state index in [-0.39, 0.29) is 11.4 Å². The second kappa shape index (κ2) is 6.41. The van der Waals surface area contributed by atoms with Crippen molar-refractivity contribution >= 4 is 5.97 Å². The summed E-state index contributed by atoms with van der Waals surface area (Å²) in [5.41, 5.74) is 1.95. The number of ether oxygens (including phenoxy) is 1. The second-order valence-electron chi connectivity index (χ2n) is 5.61. The molecule has 1 rings (SSSR count). The van der Waals surface area contributed by atoms with Gasteiger partial charge in [0.25, 0.3) is 0 Å². The lowest BCUT2D eigenvalue weighted by Crippen LogP contribution is -2.11. The van der Waals surface area contributed by atoms with Crippen LogP contribution in [-0.2, 0) is 21.4 Å². The Bertz CT molecular complexity index is 456. The van der Waals surface area contributed by atoms with Crippen LogP contribution in [0.1, 0.15) is 44.7 Å². The zero-order valence-electron chi connectivity index (χ0n) is 11.9. The zero-order valence-corrected chi connectivity index (χ0v) is 11.9. The van der Waals surface area contributed by atoms with E-state index >= 15 is 0 Å². The van der Waals surface area contributed by atoms with Gasteiger partial charge in [-0.2, -0.15) is 0 Å². The van der Waals surface area contributed by atoms with E-state index < -0.39 is 0 Å². The van der Waals surface area contributed by atoms with Crippen LogP contribution in [0.4, 0.5) is 0 Å². The Morgan fingerprint density at radius 2 is 2.11 bits per heavy atom. The van der Waals surface area contributed by atoms with Crippen LogP contribution in [0.15, 0.2) is 31.0 Å². The Morgan fingerprint density at radius 1 is 1.42 bits per heavy atom. The highest BCUT2D eigenvalue weighted by atomic mass is 16.5. The number of aryl methyl sites for hydroxylation is 1. The normalized spacial score (nSPS) is 11.1. The van der Waals surface area contributed by atoms with Crippen LogP contribution in [0.5, 0.6) is 5.75 Å². The molecule has 0 atom stereocenters. The van der Waals surface area contributed by atoms with Crippen LogP contribution >= 0.6 is 0 Å². The molecule has 0 bridgehead atoms. The van der Waals surface area contributed by atoms with Crippen LogP contribution < -0.4 is 0 Å². The van der Waals surface area contributed by atoms with Gasteiger partial charge in [-0.15, -0.1) is 0 Å².